The highest BCUT2D eigenvalue weighted by Gasteiger charge is 2.37. The lowest BCUT2D eigenvalue weighted by molar-refractivity contribution is 0.0835. The third-order valence-corrected chi connectivity index (χ3v) is 3.90. The zero-order valence-corrected chi connectivity index (χ0v) is 8.34. The summed E-state index contributed by atoms with van der Waals surface area (Å²) in [6.07, 6.45) is 3.88. The first kappa shape index (κ1) is 10.0. The third-order valence-electron chi connectivity index (χ3n) is 3.90. The Balaban J connectivity index is 2.65. The van der Waals surface area contributed by atoms with Crippen LogP contribution >= 0.6 is 0 Å². The number of rotatable bonds is 2. The van der Waals surface area contributed by atoms with Crippen LogP contribution in [0.25, 0.3) is 0 Å². The van der Waals surface area contributed by atoms with Gasteiger partial charge in [-0.05, 0) is 43.2 Å². The van der Waals surface area contributed by atoms with E-state index in [1.807, 2.05) is 0 Å². The van der Waals surface area contributed by atoms with Gasteiger partial charge in [-0.15, -0.1) is 0 Å². The molecule has 4 N–H and O–H groups in total. The van der Waals surface area contributed by atoms with Crippen LogP contribution in [0.15, 0.2) is 0 Å². The van der Waals surface area contributed by atoms with Crippen LogP contribution in [0, 0.1) is 17.3 Å². The number of nitrogens with two attached hydrogens (primary N) is 2. The Morgan fingerprint density at radius 2 is 2.08 bits per heavy atom. The van der Waals surface area contributed by atoms with Gasteiger partial charge in [0.2, 0.25) is 0 Å². The molecule has 0 aromatic carbocycles. The van der Waals surface area contributed by atoms with Crippen LogP contribution in [-0.2, 0) is 0 Å². The molecule has 12 heavy (non-hydrogen) atoms. The molecule has 72 valence electrons. The van der Waals surface area contributed by atoms with Crippen LogP contribution in [0.5, 0.6) is 0 Å². The maximum Gasteiger partial charge on any atom is -0.00205 e. The van der Waals surface area contributed by atoms with E-state index in [0.717, 1.165) is 13.1 Å². The summed E-state index contributed by atoms with van der Waals surface area (Å²) < 4.78 is 0. The smallest absolute Gasteiger partial charge is 0.00205 e. The molecular formula is C10H22N2. The first-order chi connectivity index (χ1) is 5.64. The van der Waals surface area contributed by atoms with Gasteiger partial charge in [0.15, 0.2) is 0 Å². The van der Waals surface area contributed by atoms with Crippen LogP contribution in [-0.4, -0.2) is 13.1 Å². The predicted molar refractivity (Wildman–Crippen MR) is 52.7 cm³/mol. The molecule has 1 rings (SSSR count). The molecule has 0 amide bonds. The van der Waals surface area contributed by atoms with Crippen molar-refractivity contribution in [3.8, 4) is 0 Å². The summed E-state index contributed by atoms with van der Waals surface area (Å²) in [5, 5.41) is 0. The zero-order valence-electron chi connectivity index (χ0n) is 8.34. The Bertz CT molecular complexity index is 147. The Morgan fingerprint density at radius 1 is 1.42 bits per heavy atom. The largest absolute Gasteiger partial charge is 0.330 e. The van der Waals surface area contributed by atoms with Crippen LogP contribution in [0.4, 0.5) is 0 Å². The van der Waals surface area contributed by atoms with Crippen molar-refractivity contribution in [2.75, 3.05) is 13.1 Å². The van der Waals surface area contributed by atoms with Crippen LogP contribution < -0.4 is 11.5 Å². The van der Waals surface area contributed by atoms with Gasteiger partial charge in [0.05, 0.1) is 0 Å². The Kier molecular flexibility index (Phi) is 3.13. The van der Waals surface area contributed by atoms with Crippen LogP contribution in [0.1, 0.15) is 33.1 Å². The van der Waals surface area contributed by atoms with E-state index < -0.39 is 0 Å². The van der Waals surface area contributed by atoms with Crippen molar-refractivity contribution in [3.05, 3.63) is 0 Å². The van der Waals surface area contributed by atoms with E-state index in [-0.39, 0.29) is 0 Å². The summed E-state index contributed by atoms with van der Waals surface area (Å²) in [5.74, 6) is 1.40. The predicted octanol–water partition coefficient (Wildman–Crippen LogP) is 1.35. The van der Waals surface area contributed by atoms with Gasteiger partial charge in [0, 0.05) is 0 Å². The summed E-state index contributed by atoms with van der Waals surface area (Å²) in [6, 6.07) is 0. The van der Waals surface area contributed by atoms with E-state index in [9.17, 15) is 0 Å². The van der Waals surface area contributed by atoms with Gasteiger partial charge in [0.25, 0.3) is 0 Å². The van der Waals surface area contributed by atoms with Crippen molar-refractivity contribution >= 4 is 0 Å². The molecule has 1 fully saturated rings. The molecule has 1 aliphatic rings. The average molecular weight is 170 g/mol. The van der Waals surface area contributed by atoms with E-state index in [0.29, 0.717) is 17.3 Å². The monoisotopic (exact) mass is 170 g/mol. The summed E-state index contributed by atoms with van der Waals surface area (Å²) in [4.78, 5) is 0. The molecule has 0 radical (unpaired) electrons. The van der Waals surface area contributed by atoms with E-state index in [2.05, 4.69) is 13.8 Å². The highest BCUT2D eigenvalue weighted by Crippen LogP contribution is 2.42. The average Bonchev–Trinajstić information content (AvgIpc) is 2.10. The van der Waals surface area contributed by atoms with Crippen molar-refractivity contribution in [1.29, 1.82) is 0 Å². The topological polar surface area (TPSA) is 52.0 Å². The van der Waals surface area contributed by atoms with Crippen molar-refractivity contribution in [1.82, 2.24) is 0 Å². The van der Waals surface area contributed by atoms with Crippen molar-refractivity contribution < 1.29 is 0 Å². The molecule has 0 bridgehead atoms. The normalized spacial score (nSPS) is 43.0. The molecule has 1 saturated carbocycles. The lowest BCUT2D eigenvalue weighted by Gasteiger charge is -2.43. The maximum absolute atomic E-state index is 5.80. The molecule has 0 heterocycles. The summed E-state index contributed by atoms with van der Waals surface area (Å²) in [6.45, 7) is 6.25. The van der Waals surface area contributed by atoms with Crippen molar-refractivity contribution in [2.45, 2.75) is 33.1 Å². The van der Waals surface area contributed by atoms with Gasteiger partial charge in [-0.25, -0.2) is 0 Å². The van der Waals surface area contributed by atoms with Gasteiger partial charge in [-0.3, -0.25) is 0 Å². The molecule has 0 saturated heterocycles. The Hall–Kier alpha value is -0.0800. The van der Waals surface area contributed by atoms with Crippen LogP contribution in [0.2, 0.25) is 0 Å². The zero-order chi connectivity index (χ0) is 9.19. The van der Waals surface area contributed by atoms with Gasteiger partial charge in [0.1, 0.15) is 0 Å². The quantitative estimate of drug-likeness (QED) is 0.657. The fraction of sp³-hybridized carbons (Fsp3) is 1.00. The second-order valence-corrected chi connectivity index (χ2v) is 4.53. The van der Waals surface area contributed by atoms with E-state index in [1.54, 1.807) is 0 Å². The van der Waals surface area contributed by atoms with E-state index in [1.165, 1.54) is 19.3 Å². The summed E-state index contributed by atoms with van der Waals surface area (Å²) >= 11 is 0. The molecule has 0 aliphatic heterocycles. The van der Waals surface area contributed by atoms with E-state index in [4.69, 9.17) is 11.5 Å². The Morgan fingerprint density at radius 3 is 2.58 bits per heavy atom. The SMILES string of the molecule is CC1C(CN)CCCC1(C)CN. The third kappa shape index (κ3) is 1.64. The van der Waals surface area contributed by atoms with Crippen molar-refractivity contribution in [3.63, 3.8) is 0 Å². The van der Waals surface area contributed by atoms with Gasteiger partial charge < -0.3 is 11.5 Å². The number of hydrogen-bond acceptors (Lipinski definition) is 2. The molecule has 0 aromatic heterocycles. The minimum absolute atomic E-state index is 0.349. The lowest BCUT2D eigenvalue weighted by Crippen LogP contribution is -2.43. The minimum atomic E-state index is 0.349. The van der Waals surface area contributed by atoms with Crippen LogP contribution in [0.3, 0.4) is 0 Å². The summed E-state index contributed by atoms with van der Waals surface area (Å²) in [5.41, 5.74) is 11.9. The standard InChI is InChI=1S/C10H22N2/c1-8-9(6-11)4-3-5-10(8,2)7-12/h8-9H,3-7,11-12H2,1-2H3. The molecule has 0 aromatic rings. The fourth-order valence-corrected chi connectivity index (χ4v) is 2.42. The minimum Gasteiger partial charge on any atom is -0.330 e. The first-order valence-corrected chi connectivity index (χ1v) is 5.04. The lowest BCUT2D eigenvalue weighted by atomic mass is 9.63. The van der Waals surface area contributed by atoms with Crippen molar-refractivity contribution in [2.24, 2.45) is 28.7 Å². The second-order valence-electron chi connectivity index (χ2n) is 4.53. The Labute approximate surface area is 75.7 Å². The first-order valence-electron chi connectivity index (χ1n) is 5.04. The van der Waals surface area contributed by atoms with Gasteiger partial charge in [-0.1, -0.05) is 20.3 Å². The molecule has 2 nitrogen and oxygen atoms in total. The highest BCUT2D eigenvalue weighted by atomic mass is 14.6. The highest BCUT2D eigenvalue weighted by molar-refractivity contribution is 4.89. The molecule has 1 aliphatic carbocycles. The molecule has 3 atom stereocenters. The summed E-state index contributed by atoms with van der Waals surface area (Å²) in [7, 11) is 0. The molecular weight excluding hydrogens is 148 g/mol. The van der Waals surface area contributed by atoms with Gasteiger partial charge >= 0.3 is 0 Å². The fourth-order valence-electron chi connectivity index (χ4n) is 2.42. The van der Waals surface area contributed by atoms with E-state index >= 15 is 0 Å². The second kappa shape index (κ2) is 3.75. The van der Waals surface area contributed by atoms with Gasteiger partial charge in [-0.2, -0.15) is 0 Å². The molecule has 2 heteroatoms. The maximum atomic E-state index is 5.80. The molecule has 0 spiro atoms. The number of hydrogen-bond donors (Lipinski definition) is 2. The molecule has 3 unspecified atom stereocenters.